The zero-order valence-electron chi connectivity index (χ0n) is 17.3. The fourth-order valence-corrected chi connectivity index (χ4v) is 3.91. The van der Waals surface area contributed by atoms with Crippen LogP contribution in [0.15, 0.2) is 4.99 Å². The van der Waals surface area contributed by atoms with E-state index in [-0.39, 0.29) is 0 Å². The number of ether oxygens (including phenoxy) is 1. The van der Waals surface area contributed by atoms with Crippen molar-refractivity contribution in [3.63, 3.8) is 0 Å². The quantitative estimate of drug-likeness (QED) is 0.522. The van der Waals surface area contributed by atoms with Crippen molar-refractivity contribution in [2.75, 3.05) is 26.8 Å². The number of guanidine groups is 1. The number of hydrogen-bond donors (Lipinski definition) is 2. The third-order valence-electron chi connectivity index (χ3n) is 5.82. The van der Waals surface area contributed by atoms with E-state index in [2.05, 4.69) is 43.4 Å². The van der Waals surface area contributed by atoms with Crippen LogP contribution in [-0.4, -0.2) is 42.5 Å². The van der Waals surface area contributed by atoms with E-state index >= 15 is 0 Å². The average Bonchev–Trinajstić information content (AvgIpc) is 3.22. The molecule has 1 aliphatic rings. The van der Waals surface area contributed by atoms with Gasteiger partial charge in [0.15, 0.2) is 5.96 Å². The van der Waals surface area contributed by atoms with Gasteiger partial charge in [0.2, 0.25) is 0 Å². The Morgan fingerprint density at radius 2 is 1.96 bits per heavy atom. The smallest absolute Gasteiger partial charge is 0.191 e. The zero-order chi connectivity index (χ0) is 19.0. The van der Waals surface area contributed by atoms with Crippen molar-refractivity contribution in [2.24, 2.45) is 10.4 Å². The number of aromatic nitrogens is 2. The van der Waals surface area contributed by atoms with E-state index in [1.807, 2.05) is 4.68 Å². The largest absolute Gasteiger partial charge is 0.383 e. The van der Waals surface area contributed by atoms with Gasteiger partial charge in [-0.25, -0.2) is 4.99 Å². The van der Waals surface area contributed by atoms with Gasteiger partial charge in [-0.05, 0) is 45.4 Å². The summed E-state index contributed by atoms with van der Waals surface area (Å²) >= 11 is 0. The van der Waals surface area contributed by atoms with Gasteiger partial charge in [-0.1, -0.05) is 19.8 Å². The number of aryl methyl sites for hydroxylation is 1. The number of hydrogen-bond acceptors (Lipinski definition) is 3. The third-order valence-corrected chi connectivity index (χ3v) is 5.82. The summed E-state index contributed by atoms with van der Waals surface area (Å²) in [5.41, 5.74) is 3.90. The molecule has 1 aliphatic carbocycles. The predicted octanol–water partition coefficient (Wildman–Crippen LogP) is 3.17. The highest BCUT2D eigenvalue weighted by Gasteiger charge is 2.31. The number of rotatable bonds is 9. The van der Waals surface area contributed by atoms with Crippen LogP contribution < -0.4 is 10.6 Å². The number of nitrogens with one attached hydrogen (secondary N) is 2. The van der Waals surface area contributed by atoms with Crippen molar-refractivity contribution in [1.82, 2.24) is 20.4 Å². The maximum absolute atomic E-state index is 5.17. The molecule has 0 aliphatic heterocycles. The van der Waals surface area contributed by atoms with Crippen LogP contribution in [0.4, 0.5) is 0 Å². The first-order chi connectivity index (χ1) is 12.5. The fourth-order valence-electron chi connectivity index (χ4n) is 3.91. The molecule has 0 atom stereocenters. The molecule has 0 radical (unpaired) electrons. The van der Waals surface area contributed by atoms with Gasteiger partial charge in [-0.2, -0.15) is 5.10 Å². The van der Waals surface area contributed by atoms with Crippen LogP contribution in [0.25, 0.3) is 0 Å². The maximum Gasteiger partial charge on any atom is 0.191 e. The molecule has 1 aromatic heterocycles. The van der Waals surface area contributed by atoms with Crippen LogP contribution in [0.5, 0.6) is 0 Å². The van der Waals surface area contributed by atoms with Crippen molar-refractivity contribution >= 4 is 5.96 Å². The van der Waals surface area contributed by atoms with Crippen molar-refractivity contribution in [2.45, 2.75) is 72.9 Å². The Morgan fingerprint density at radius 1 is 1.23 bits per heavy atom. The third kappa shape index (κ3) is 5.22. The molecule has 0 spiro atoms. The molecule has 1 heterocycles. The summed E-state index contributed by atoms with van der Waals surface area (Å²) in [6, 6.07) is 0. The van der Waals surface area contributed by atoms with E-state index in [1.54, 1.807) is 7.11 Å². The van der Waals surface area contributed by atoms with Gasteiger partial charge >= 0.3 is 0 Å². The Labute approximate surface area is 158 Å². The molecule has 1 aromatic rings. The molecule has 0 aromatic carbocycles. The van der Waals surface area contributed by atoms with Gasteiger partial charge in [-0.15, -0.1) is 0 Å². The first kappa shape index (κ1) is 20.7. The molecule has 2 N–H and O–H groups in total. The van der Waals surface area contributed by atoms with E-state index in [4.69, 9.17) is 9.73 Å². The van der Waals surface area contributed by atoms with Gasteiger partial charge in [0, 0.05) is 31.5 Å². The zero-order valence-corrected chi connectivity index (χ0v) is 17.3. The monoisotopic (exact) mass is 363 g/mol. The maximum atomic E-state index is 5.17. The van der Waals surface area contributed by atoms with Gasteiger partial charge in [0.25, 0.3) is 0 Å². The minimum atomic E-state index is 0.451. The Kier molecular flexibility index (Phi) is 7.94. The molecule has 6 heteroatoms. The molecule has 0 saturated heterocycles. The lowest BCUT2D eigenvalue weighted by Crippen LogP contribution is -2.42. The summed E-state index contributed by atoms with van der Waals surface area (Å²) in [5, 5.41) is 11.6. The molecule has 1 fully saturated rings. The van der Waals surface area contributed by atoms with E-state index in [0.717, 1.165) is 31.3 Å². The Balaban J connectivity index is 2.03. The van der Waals surface area contributed by atoms with E-state index < -0.39 is 0 Å². The lowest BCUT2D eigenvalue weighted by atomic mass is 9.83. The van der Waals surface area contributed by atoms with Gasteiger partial charge < -0.3 is 15.4 Å². The van der Waals surface area contributed by atoms with E-state index in [1.165, 1.54) is 43.4 Å². The highest BCUT2D eigenvalue weighted by Crippen LogP contribution is 2.40. The van der Waals surface area contributed by atoms with Crippen LogP contribution in [0, 0.1) is 19.3 Å². The minimum Gasteiger partial charge on any atom is -0.383 e. The molecule has 0 unspecified atom stereocenters. The highest BCUT2D eigenvalue weighted by molar-refractivity contribution is 5.79. The lowest BCUT2D eigenvalue weighted by Gasteiger charge is -2.28. The van der Waals surface area contributed by atoms with Crippen LogP contribution in [0.2, 0.25) is 0 Å². The lowest BCUT2D eigenvalue weighted by molar-refractivity contribution is 0.182. The van der Waals surface area contributed by atoms with Crippen molar-refractivity contribution in [1.29, 1.82) is 0 Å². The second-order valence-electron chi connectivity index (χ2n) is 7.47. The summed E-state index contributed by atoms with van der Waals surface area (Å²) in [7, 11) is 1.72. The molecular formula is C20H37N5O. The Hall–Kier alpha value is -1.56. The molecule has 0 bridgehead atoms. The van der Waals surface area contributed by atoms with Crippen molar-refractivity contribution in [3.05, 3.63) is 17.0 Å². The van der Waals surface area contributed by atoms with Crippen LogP contribution in [0.3, 0.4) is 0 Å². The van der Waals surface area contributed by atoms with Gasteiger partial charge in [-0.3, -0.25) is 4.68 Å². The first-order valence-electron chi connectivity index (χ1n) is 10.1. The normalized spacial score (nSPS) is 16.9. The Bertz CT molecular complexity index is 587. The first-order valence-corrected chi connectivity index (χ1v) is 10.1. The van der Waals surface area contributed by atoms with Crippen molar-refractivity contribution < 1.29 is 4.74 Å². The molecule has 6 nitrogen and oxygen atoms in total. The summed E-state index contributed by atoms with van der Waals surface area (Å²) in [6.07, 6.45) is 6.63. The standard InChI is InChI=1S/C20H37N5O/c1-6-20(10-8-9-11-20)15-23-19(21-7-2)22-14-18-16(3)24-25(17(18)4)12-13-26-5/h6-15H2,1-5H3,(H2,21,22,23). The number of methoxy groups -OCH3 is 1. The van der Waals surface area contributed by atoms with Crippen LogP contribution in [-0.2, 0) is 17.8 Å². The Morgan fingerprint density at radius 3 is 2.58 bits per heavy atom. The molecule has 26 heavy (non-hydrogen) atoms. The van der Waals surface area contributed by atoms with Crippen LogP contribution >= 0.6 is 0 Å². The van der Waals surface area contributed by atoms with Gasteiger partial charge in [0.05, 0.1) is 25.4 Å². The highest BCUT2D eigenvalue weighted by atomic mass is 16.5. The molecule has 2 rings (SSSR count). The number of aliphatic imine (C=N–C) groups is 1. The fraction of sp³-hybridized carbons (Fsp3) is 0.800. The minimum absolute atomic E-state index is 0.451. The second-order valence-corrected chi connectivity index (χ2v) is 7.47. The topological polar surface area (TPSA) is 63.5 Å². The summed E-state index contributed by atoms with van der Waals surface area (Å²) in [6.45, 7) is 12.6. The molecule has 0 amide bonds. The number of nitrogens with zero attached hydrogens (tertiary/aromatic N) is 3. The molecule has 1 saturated carbocycles. The average molecular weight is 364 g/mol. The van der Waals surface area contributed by atoms with E-state index in [9.17, 15) is 0 Å². The van der Waals surface area contributed by atoms with Gasteiger partial charge in [0.1, 0.15) is 0 Å². The second kappa shape index (κ2) is 9.95. The van der Waals surface area contributed by atoms with Crippen LogP contribution in [0.1, 0.15) is 62.9 Å². The SMILES string of the molecule is CCNC(=NCc1c(C)nn(CCOC)c1C)NCC1(CC)CCCC1. The molecule has 148 valence electrons. The summed E-state index contributed by atoms with van der Waals surface area (Å²) in [5.74, 6) is 0.913. The van der Waals surface area contributed by atoms with E-state index in [0.29, 0.717) is 18.6 Å². The summed E-state index contributed by atoms with van der Waals surface area (Å²) in [4.78, 5) is 4.84. The summed E-state index contributed by atoms with van der Waals surface area (Å²) < 4.78 is 7.19. The predicted molar refractivity (Wildman–Crippen MR) is 108 cm³/mol. The van der Waals surface area contributed by atoms with Crippen molar-refractivity contribution in [3.8, 4) is 0 Å². The molecular weight excluding hydrogens is 326 g/mol.